The van der Waals surface area contributed by atoms with Crippen LogP contribution in [0, 0.1) is 0 Å². The summed E-state index contributed by atoms with van der Waals surface area (Å²) in [6, 6.07) is 8.86. The van der Waals surface area contributed by atoms with Gasteiger partial charge < -0.3 is 9.47 Å². The molecular weight excluding hydrogens is 477 g/mol. The van der Waals surface area contributed by atoms with Crippen LogP contribution in [-0.4, -0.2) is 56.7 Å². The van der Waals surface area contributed by atoms with Crippen molar-refractivity contribution in [1.82, 2.24) is 19.4 Å². The first kappa shape index (κ1) is 23.9. The van der Waals surface area contributed by atoms with Gasteiger partial charge in [-0.15, -0.1) is 0 Å². The van der Waals surface area contributed by atoms with E-state index in [-0.39, 0.29) is 18.0 Å². The molecule has 3 aliphatic rings. The number of halogens is 2. The van der Waals surface area contributed by atoms with E-state index in [4.69, 9.17) is 16.6 Å². The second-order valence-electron chi connectivity index (χ2n) is 11.5. The number of aromatic nitrogens is 3. The van der Waals surface area contributed by atoms with Crippen LogP contribution in [0.1, 0.15) is 65.0 Å². The number of piperidine rings is 1. The van der Waals surface area contributed by atoms with Gasteiger partial charge in [-0.3, -0.25) is 9.69 Å². The number of pyridine rings is 1. The molecule has 0 radical (unpaired) electrons. The predicted octanol–water partition coefficient (Wildman–Crippen LogP) is 5.92. The maximum absolute atomic E-state index is 14.0. The summed E-state index contributed by atoms with van der Waals surface area (Å²) in [4.78, 5) is 27.2. The van der Waals surface area contributed by atoms with E-state index in [1.54, 1.807) is 6.33 Å². The van der Waals surface area contributed by atoms with Gasteiger partial charge in [0.2, 0.25) is 5.91 Å². The average Bonchev–Trinajstić information content (AvgIpc) is 3.32. The number of nitrogens with zero attached hydrogens (tertiary/aromatic N) is 5. The number of carbonyl (C=O) groups is 1. The van der Waals surface area contributed by atoms with E-state index in [9.17, 15) is 9.18 Å². The molecule has 1 aliphatic carbocycles. The highest BCUT2D eigenvalue weighted by atomic mass is 35.5. The zero-order chi connectivity index (χ0) is 25.4. The lowest BCUT2D eigenvalue weighted by Gasteiger charge is -2.48. The molecule has 6 nitrogen and oxygen atoms in total. The topological polar surface area (TPSA) is 54.3 Å². The minimum atomic E-state index is -0.725. The highest BCUT2D eigenvalue weighted by Gasteiger charge is 2.50. The Bertz CT molecular complexity index is 1350. The number of likely N-dealkylation sites (tertiary alicyclic amines) is 1. The molecule has 0 spiro atoms. The Kier molecular flexibility index (Phi) is 5.65. The number of hydrogen-bond acceptors (Lipinski definition) is 4. The molecule has 0 bridgehead atoms. The predicted molar refractivity (Wildman–Crippen MR) is 141 cm³/mol. The van der Waals surface area contributed by atoms with Gasteiger partial charge in [-0.05, 0) is 77.6 Å². The van der Waals surface area contributed by atoms with Gasteiger partial charge >= 0.3 is 0 Å². The minimum Gasteiger partial charge on any atom is -0.326 e. The SMILES string of the molecule is CC(C)n1cnc2cc(-c3ccc4c(c3)N(C3CC(N5CCC[C@@H](F)C5)C3)C(=O)C4(C)C)nc(Cl)c21. The number of alkyl halides is 1. The summed E-state index contributed by atoms with van der Waals surface area (Å²) >= 11 is 6.63. The molecule has 36 heavy (non-hydrogen) atoms. The highest BCUT2D eigenvalue weighted by Crippen LogP contribution is 2.47. The molecule has 4 heterocycles. The summed E-state index contributed by atoms with van der Waals surface area (Å²) in [5, 5.41) is 0.428. The lowest BCUT2D eigenvalue weighted by molar-refractivity contribution is -0.123. The Morgan fingerprint density at radius 2 is 1.94 bits per heavy atom. The van der Waals surface area contributed by atoms with Crippen molar-refractivity contribution >= 4 is 34.2 Å². The second-order valence-corrected chi connectivity index (χ2v) is 11.8. The van der Waals surface area contributed by atoms with E-state index < -0.39 is 11.6 Å². The van der Waals surface area contributed by atoms with Gasteiger partial charge in [0, 0.05) is 35.9 Å². The van der Waals surface area contributed by atoms with Gasteiger partial charge in [-0.2, -0.15) is 0 Å². The van der Waals surface area contributed by atoms with E-state index in [0.29, 0.717) is 24.2 Å². The lowest BCUT2D eigenvalue weighted by Crippen LogP contribution is -2.58. The van der Waals surface area contributed by atoms with Crippen molar-refractivity contribution < 1.29 is 9.18 Å². The number of anilines is 1. The summed E-state index contributed by atoms with van der Waals surface area (Å²) < 4.78 is 16.0. The molecule has 2 aromatic heterocycles. The maximum Gasteiger partial charge on any atom is 0.237 e. The van der Waals surface area contributed by atoms with E-state index >= 15 is 0 Å². The minimum absolute atomic E-state index is 0.136. The van der Waals surface area contributed by atoms with Gasteiger partial charge in [0.15, 0.2) is 5.15 Å². The van der Waals surface area contributed by atoms with Gasteiger partial charge in [-0.1, -0.05) is 23.7 Å². The molecule has 2 aliphatic heterocycles. The van der Waals surface area contributed by atoms with Crippen LogP contribution < -0.4 is 4.90 Å². The van der Waals surface area contributed by atoms with Crippen LogP contribution in [0.5, 0.6) is 0 Å². The first-order valence-corrected chi connectivity index (χ1v) is 13.4. The number of benzene rings is 1. The monoisotopic (exact) mass is 509 g/mol. The summed E-state index contributed by atoms with van der Waals surface area (Å²) in [5.41, 5.74) is 4.72. The molecule has 3 aromatic rings. The molecule has 1 aromatic carbocycles. The second kappa shape index (κ2) is 8.52. The van der Waals surface area contributed by atoms with Crippen molar-refractivity contribution in [3.05, 3.63) is 41.3 Å². The molecule has 6 rings (SSSR count). The maximum atomic E-state index is 14.0. The number of hydrogen-bond donors (Lipinski definition) is 0. The van der Waals surface area contributed by atoms with Crippen molar-refractivity contribution in [1.29, 1.82) is 0 Å². The van der Waals surface area contributed by atoms with Crippen molar-refractivity contribution in [2.24, 2.45) is 0 Å². The highest BCUT2D eigenvalue weighted by molar-refractivity contribution is 6.34. The molecule has 2 fully saturated rings. The van der Waals surface area contributed by atoms with Crippen molar-refractivity contribution in [3.63, 3.8) is 0 Å². The Labute approximate surface area is 216 Å². The fraction of sp³-hybridized carbons (Fsp3) is 0.536. The molecule has 8 heteroatoms. The third-order valence-corrected chi connectivity index (χ3v) is 8.67. The molecule has 1 saturated carbocycles. The van der Waals surface area contributed by atoms with E-state index in [2.05, 4.69) is 35.9 Å². The summed E-state index contributed by atoms with van der Waals surface area (Å²) in [5.74, 6) is 0.136. The van der Waals surface area contributed by atoms with Gasteiger partial charge in [0.05, 0.1) is 23.0 Å². The third-order valence-electron chi connectivity index (χ3n) is 8.41. The lowest BCUT2D eigenvalue weighted by atomic mass is 9.82. The quantitative estimate of drug-likeness (QED) is 0.409. The number of amides is 1. The van der Waals surface area contributed by atoms with Crippen molar-refractivity contribution in [3.8, 4) is 11.3 Å². The third kappa shape index (κ3) is 3.66. The van der Waals surface area contributed by atoms with Crippen LogP contribution in [0.2, 0.25) is 5.15 Å². The molecule has 0 N–H and O–H groups in total. The number of fused-ring (bicyclic) bond motifs is 2. The van der Waals surface area contributed by atoms with Crippen LogP contribution in [0.25, 0.3) is 22.3 Å². The fourth-order valence-electron chi connectivity index (χ4n) is 6.21. The zero-order valence-corrected chi connectivity index (χ0v) is 22.1. The smallest absolute Gasteiger partial charge is 0.237 e. The molecule has 0 unspecified atom stereocenters. The normalized spacial score (nSPS) is 26.0. The Balaban J connectivity index is 1.32. The largest absolute Gasteiger partial charge is 0.326 e. The molecule has 1 amide bonds. The zero-order valence-electron chi connectivity index (χ0n) is 21.3. The molecular formula is C28H33ClFN5O. The standard InChI is InChI=1S/C28H33ClFN5O/c1-16(2)34-15-31-23-13-22(32-26(29)25(23)34)17-7-8-21-24(10-17)35(27(36)28(21,3)4)20-11-19(12-20)33-9-5-6-18(30)14-33/h7-8,10,13,15-16,18-20H,5-6,9,11-12,14H2,1-4H3/t18-,19?,20?/m1/s1. The molecule has 1 saturated heterocycles. The van der Waals surface area contributed by atoms with Crippen molar-refractivity contribution in [2.45, 2.75) is 83.1 Å². The number of carbonyl (C=O) groups excluding carboxylic acids is 1. The average molecular weight is 510 g/mol. The van der Waals surface area contributed by atoms with E-state index in [1.807, 2.05) is 35.4 Å². The van der Waals surface area contributed by atoms with Crippen LogP contribution in [0.4, 0.5) is 10.1 Å². The Morgan fingerprint density at radius 3 is 2.67 bits per heavy atom. The van der Waals surface area contributed by atoms with E-state index in [1.165, 1.54) is 0 Å². The van der Waals surface area contributed by atoms with Crippen LogP contribution in [0.3, 0.4) is 0 Å². The van der Waals surface area contributed by atoms with Gasteiger partial charge in [0.25, 0.3) is 0 Å². The fourth-order valence-corrected chi connectivity index (χ4v) is 6.50. The van der Waals surface area contributed by atoms with Crippen LogP contribution >= 0.6 is 11.6 Å². The van der Waals surface area contributed by atoms with E-state index in [0.717, 1.165) is 59.3 Å². The Hall–Kier alpha value is -2.51. The van der Waals surface area contributed by atoms with Crippen LogP contribution in [0.15, 0.2) is 30.6 Å². The van der Waals surface area contributed by atoms with Crippen LogP contribution in [-0.2, 0) is 10.2 Å². The Morgan fingerprint density at radius 1 is 1.17 bits per heavy atom. The summed E-state index contributed by atoms with van der Waals surface area (Å²) in [6.07, 6.45) is 4.44. The number of rotatable bonds is 4. The summed E-state index contributed by atoms with van der Waals surface area (Å²) in [7, 11) is 0. The molecule has 190 valence electrons. The van der Waals surface area contributed by atoms with Crippen molar-refractivity contribution in [2.75, 3.05) is 18.0 Å². The first-order valence-electron chi connectivity index (χ1n) is 13.0. The number of imidazole rings is 1. The van der Waals surface area contributed by atoms with Gasteiger partial charge in [-0.25, -0.2) is 14.4 Å². The van der Waals surface area contributed by atoms with Gasteiger partial charge in [0.1, 0.15) is 11.7 Å². The molecule has 1 atom stereocenters. The first-order chi connectivity index (χ1) is 17.1. The summed E-state index contributed by atoms with van der Waals surface area (Å²) in [6.45, 7) is 9.67.